The summed E-state index contributed by atoms with van der Waals surface area (Å²) in [6.45, 7) is 15.2. The van der Waals surface area contributed by atoms with Crippen molar-refractivity contribution >= 4 is 24.9 Å². The van der Waals surface area contributed by atoms with Gasteiger partial charge in [-0.25, -0.2) is 0 Å². The molecule has 22 heavy (non-hydrogen) atoms. The lowest BCUT2D eigenvalue weighted by Crippen LogP contribution is -2.41. The van der Waals surface area contributed by atoms with Crippen LogP contribution in [0.3, 0.4) is 0 Å². The highest BCUT2D eigenvalue weighted by molar-refractivity contribution is 6.74. The van der Waals surface area contributed by atoms with Gasteiger partial charge in [-0.1, -0.05) is 20.8 Å². The summed E-state index contributed by atoms with van der Waals surface area (Å²) in [6.07, 6.45) is 0.983. The van der Waals surface area contributed by atoms with E-state index in [1.165, 1.54) is 11.1 Å². The number of benzene rings is 1. The van der Waals surface area contributed by atoms with Gasteiger partial charge in [-0.05, 0) is 49.7 Å². The zero-order valence-corrected chi connectivity index (χ0v) is 15.7. The molecular formula is C17H29N3OSi. The number of aromatic nitrogens is 2. The van der Waals surface area contributed by atoms with Crippen molar-refractivity contribution in [2.45, 2.75) is 58.8 Å². The molecule has 0 amide bonds. The Kier molecular flexibility index (Phi) is 4.68. The largest absolute Gasteiger partial charge is 0.417 e. The van der Waals surface area contributed by atoms with Gasteiger partial charge in [-0.3, -0.25) is 4.68 Å². The predicted octanol–water partition coefficient (Wildman–Crippen LogP) is 4.34. The molecule has 0 bridgehead atoms. The number of aryl methyl sites for hydroxylation is 2. The highest BCUT2D eigenvalue weighted by atomic mass is 28.4. The zero-order chi connectivity index (χ0) is 16.5. The van der Waals surface area contributed by atoms with Crippen LogP contribution in [0.2, 0.25) is 18.1 Å². The molecule has 0 aliphatic heterocycles. The second-order valence-electron chi connectivity index (χ2n) is 7.55. The van der Waals surface area contributed by atoms with Crippen LogP contribution in [0.25, 0.3) is 10.9 Å². The highest BCUT2D eigenvalue weighted by Crippen LogP contribution is 2.36. The van der Waals surface area contributed by atoms with Gasteiger partial charge < -0.3 is 10.2 Å². The van der Waals surface area contributed by atoms with Crippen LogP contribution in [0.4, 0.5) is 5.69 Å². The summed E-state index contributed by atoms with van der Waals surface area (Å²) in [5, 5.41) is 6.09. The van der Waals surface area contributed by atoms with Gasteiger partial charge in [0.05, 0.1) is 5.52 Å². The fraction of sp³-hybridized carbons (Fsp3) is 0.588. The van der Waals surface area contributed by atoms with Crippen LogP contribution in [-0.4, -0.2) is 24.7 Å². The topological polar surface area (TPSA) is 53.1 Å². The quantitative estimate of drug-likeness (QED) is 0.507. The van der Waals surface area contributed by atoms with E-state index in [-0.39, 0.29) is 5.04 Å². The summed E-state index contributed by atoms with van der Waals surface area (Å²) in [7, 11) is -1.64. The van der Waals surface area contributed by atoms with Gasteiger partial charge in [0.15, 0.2) is 8.32 Å². The van der Waals surface area contributed by atoms with E-state index in [2.05, 4.69) is 56.6 Å². The molecule has 0 aliphatic carbocycles. The van der Waals surface area contributed by atoms with Crippen molar-refractivity contribution < 1.29 is 4.43 Å². The lowest BCUT2D eigenvalue weighted by Gasteiger charge is -2.36. The van der Waals surface area contributed by atoms with E-state index >= 15 is 0 Å². The smallest absolute Gasteiger partial charge is 0.191 e. The molecule has 1 heterocycles. The summed E-state index contributed by atoms with van der Waals surface area (Å²) < 4.78 is 8.30. The number of rotatable bonds is 5. The molecule has 0 fully saturated rings. The van der Waals surface area contributed by atoms with Crippen LogP contribution in [0.1, 0.15) is 32.9 Å². The van der Waals surface area contributed by atoms with E-state index in [4.69, 9.17) is 10.2 Å². The average molecular weight is 320 g/mol. The van der Waals surface area contributed by atoms with E-state index in [1.807, 2.05) is 12.1 Å². The standard InChI is InChI=1S/C17H29N3OSi/c1-13-15-9-8-14(18)12-16(15)19-20(13)10-7-11-21-22(5,6)17(2,3)4/h8-9,12H,7,10-11,18H2,1-6H3. The molecule has 0 radical (unpaired) electrons. The summed E-state index contributed by atoms with van der Waals surface area (Å²) in [5.41, 5.74) is 8.76. The molecule has 0 unspecified atom stereocenters. The third-order valence-corrected chi connectivity index (χ3v) is 9.35. The van der Waals surface area contributed by atoms with Gasteiger partial charge >= 0.3 is 0 Å². The van der Waals surface area contributed by atoms with E-state index in [1.54, 1.807) is 0 Å². The van der Waals surface area contributed by atoms with Crippen molar-refractivity contribution in [3.8, 4) is 0 Å². The molecule has 2 N–H and O–H groups in total. The first-order valence-corrected chi connectivity index (χ1v) is 10.9. The molecular weight excluding hydrogens is 290 g/mol. The molecule has 0 saturated carbocycles. The van der Waals surface area contributed by atoms with Crippen molar-refractivity contribution in [3.63, 3.8) is 0 Å². The molecule has 122 valence electrons. The molecule has 2 aromatic rings. The fourth-order valence-electron chi connectivity index (χ4n) is 2.26. The van der Waals surface area contributed by atoms with Gasteiger partial charge in [0, 0.05) is 29.9 Å². The summed E-state index contributed by atoms with van der Waals surface area (Å²) in [6, 6.07) is 5.92. The van der Waals surface area contributed by atoms with Crippen LogP contribution in [0.15, 0.2) is 18.2 Å². The normalized spacial score (nSPS) is 13.0. The fourth-order valence-corrected chi connectivity index (χ4v) is 3.34. The molecule has 5 heteroatoms. The van der Waals surface area contributed by atoms with Crippen LogP contribution in [-0.2, 0) is 11.0 Å². The molecule has 1 aromatic heterocycles. The van der Waals surface area contributed by atoms with Crippen molar-refractivity contribution in [2.75, 3.05) is 12.3 Å². The first-order chi connectivity index (χ1) is 10.1. The first kappa shape index (κ1) is 17.0. The number of fused-ring (bicyclic) bond motifs is 1. The predicted molar refractivity (Wildman–Crippen MR) is 96.6 cm³/mol. The molecule has 2 rings (SSSR count). The second kappa shape index (κ2) is 6.05. The van der Waals surface area contributed by atoms with Gasteiger partial charge in [0.2, 0.25) is 0 Å². The van der Waals surface area contributed by atoms with Crippen LogP contribution in [0.5, 0.6) is 0 Å². The van der Waals surface area contributed by atoms with Gasteiger partial charge in [0.1, 0.15) is 0 Å². The van der Waals surface area contributed by atoms with Crippen LogP contribution >= 0.6 is 0 Å². The number of hydrogen-bond donors (Lipinski definition) is 1. The Morgan fingerprint density at radius 1 is 1.27 bits per heavy atom. The monoisotopic (exact) mass is 319 g/mol. The zero-order valence-electron chi connectivity index (χ0n) is 14.7. The van der Waals surface area contributed by atoms with Crippen molar-refractivity contribution in [3.05, 3.63) is 23.9 Å². The van der Waals surface area contributed by atoms with Crippen molar-refractivity contribution in [2.24, 2.45) is 0 Å². The van der Waals surface area contributed by atoms with E-state index in [9.17, 15) is 0 Å². The highest BCUT2D eigenvalue weighted by Gasteiger charge is 2.36. The van der Waals surface area contributed by atoms with Gasteiger partial charge in [-0.15, -0.1) is 0 Å². The lowest BCUT2D eigenvalue weighted by molar-refractivity contribution is 0.272. The van der Waals surface area contributed by atoms with Crippen molar-refractivity contribution in [1.82, 2.24) is 9.78 Å². The summed E-state index contributed by atoms with van der Waals surface area (Å²) in [5.74, 6) is 0. The number of hydrogen-bond acceptors (Lipinski definition) is 3. The number of anilines is 1. The summed E-state index contributed by atoms with van der Waals surface area (Å²) in [4.78, 5) is 0. The van der Waals surface area contributed by atoms with Crippen LogP contribution < -0.4 is 5.73 Å². The Morgan fingerprint density at radius 3 is 2.59 bits per heavy atom. The van der Waals surface area contributed by atoms with E-state index in [0.29, 0.717) is 0 Å². The minimum atomic E-state index is -1.64. The number of nitrogen functional groups attached to an aromatic ring is 1. The Labute approximate surface area is 134 Å². The molecule has 1 aromatic carbocycles. The minimum absolute atomic E-state index is 0.265. The lowest BCUT2D eigenvalue weighted by atomic mass is 10.2. The molecule has 0 saturated heterocycles. The van der Waals surface area contributed by atoms with Gasteiger partial charge in [-0.2, -0.15) is 5.10 Å². The maximum absolute atomic E-state index is 6.23. The molecule has 4 nitrogen and oxygen atoms in total. The first-order valence-electron chi connectivity index (χ1n) is 7.98. The van der Waals surface area contributed by atoms with E-state index in [0.717, 1.165) is 30.8 Å². The Hall–Kier alpha value is -1.33. The van der Waals surface area contributed by atoms with E-state index < -0.39 is 8.32 Å². The molecule has 0 aliphatic rings. The Morgan fingerprint density at radius 2 is 1.95 bits per heavy atom. The number of nitrogens with zero attached hydrogens (tertiary/aromatic N) is 2. The molecule has 0 spiro atoms. The SMILES string of the molecule is Cc1c2ccc(N)cc2nn1CCCO[Si](C)(C)C(C)(C)C. The third kappa shape index (κ3) is 3.52. The maximum atomic E-state index is 6.23. The van der Waals surface area contributed by atoms with Crippen LogP contribution in [0, 0.1) is 6.92 Å². The Balaban J connectivity index is 1.97. The number of nitrogens with two attached hydrogens (primary N) is 1. The Bertz CT molecular complexity index is 656. The molecule has 0 atom stereocenters. The second-order valence-corrected chi connectivity index (χ2v) is 12.4. The maximum Gasteiger partial charge on any atom is 0.191 e. The summed E-state index contributed by atoms with van der Waals surface area (Å²) >= 11 is 0. The van der Waals surface area contributed by atoms with Gasteiger partial charge in [0.25, 0.3) is 0 Å². The minimum Gasteiger partial charge on any atom is -0.417 e. The third-order valence-electron chi connectivity index (χ3n) is 4.81. The average Bonchev–Trinajstić information content (AvgIpc) is 2.69. The van der Waals surface area contributed by atoms with Crippen molar-refractivity contribution in [1.29, 1.82) is 0 Å².